The average Bonchev–Trinajstić information content (AvgIpc) is 2.48. The Morgan fingerprint density at radius 2 is 1.72 bits per heavy atom. The quantitative estimate of drug-likeness (QED) is 0.535. The zero-order chi connectivity index (χ0) is 19.0. The SMILES string of the molecule is CC(=O)CN(C(=O)CCCSc1ccc(C)cc1)C(=O)OC(C)(C)C. The van der Waals surface area contributed by atoms with E-state index in [0.717, 1.165) is 15.5 Å². The molecule has 0 aliphatic carbocycles. The fourth-order valence-corrected chi connectivity index (χ4v) is 2.83. The van der Waals surface area contributed by atoms with Gasteiger partial charge in [-0.3, -0.25) is 9.59 Å². The first-order valence-corrected chi connectivity index (χ1v) is 9.29. The molecule has 0 aliphatic rings. The normalized spacial score (nSPS) is 11.1. The first kappa shape index (κ1) is 21.2. The zero-order valence-electron chi connectivity index (χ0n) is 15.6. The van der Waals surface area contributed by atoms with Crippen LogP contribution in [0.2, 0.25) is 0 Å². The van der Waals surface area contributed by atoms with Crippen LogP contribution in [0.25, 0.3) is 0 Å². The van der Waals surface area contributed by atoms with E-state index in [1.54, 1.807) is 32.5 Å². The predicted molar refractivity (Wildman–Crippen MR) is 99.8 cm³/mol. The number of benzene rings is 1. The lowest BCUT2D eigenvalue weighted by molar-refractivity contribution is -0.134. The third kappa shape index (κ3) is 8.72. The number of thioether (sulfide) groups is 1. The number of carbonyl (C=O) groups is 3. The van der Waals surface area contributed by atoms with Gasteiger partial charge in [-0.25, -0.2) is 9.69 Å². The van der Waals surface area contributed by atoms with E-state index in [1.165, 1.54) is 12.5 Å². The van der Waals surface area contributed by atoms with Crippen molar-refractivity contribution < 1.29 is 19.1 Å². The summed E-state index contributed by atoms with van der Waals surface area (Å²) in [4.78, 5) is 37.9. The summed E-state index contributed by atoms with van der Waals surface area (Å²) in [5.41, 5.74) is 0.491. The minimum atomic E-state index is -0.765. The van der Waals surface area contributed by atoms with Crippen molar-refractivity contribution in [3.63, 3.8) is 0 Å². The third-order valence-electron chi connectivity index (χ3n) is 3.12. The van der Waals surface area contributed by atoms with Gasteiger partial charge in [-0.1, -0.05) is 17.7 Å². The number of hydrogen-bond acceptors (Lipinski definition) is 5. The largest absolute Gasteiger partial charge is 0.443 e. The highest BCUT2D eigenvalue weighted by molar-refractivity contribution is 7.99. The Morgan fingerprint density at radius 1 is 1.12 bits per heavy atom. The number of Topliss-reactive ketones (excluding diaryl/α,β-unsaturated/α-hetero) is 1. The second kappa shape index (κ2) is 9.61. The molecule has 1 aromatic rings. The molecule has 0 saturated carbocycles. The molecule has 1 aromatic carbocycles. The van der Waals surface area contributed by atoms with Gasteiger partial charge in [-0.15, -0.1) is 11.8 Å². The number of carbonyl (C=O) groups excluding carboxylic acids is 3. The molecule has 25 heavy (non-hydrogen) atoms. The van der Waals surface area contributed by atoms with Crippen molar-refractivity contribution in [2.45, 2.75) is 58.0 Å². The average molecular weight is 365 g/mol. The molecule has 138 valence electrons. The van der Waals surface area contributed by atoms with E-state index in [1.807, 2.05) is 31.2 Å². The lowest BCUT2D eigenvalue weighted by Gasteiger charge is -2.25. The summed E-state index contributed by atoms with van der Waals surface area (Å²) >= 11 is 1.66. The van der Waals surface area contributed by atoms with Crippen LogP contribution in [0.5, 0.6) is 0 Å². The predicted octanol–water partition coefficient (Wildman–Crippen LogP) is 4.22. The first-order valence-electron chi connectivity index (χ1n) is 8.31. The molecule has 0 atom stereocenters. The van der Waals surface area contributed by atoms with Crippen LogP contribution in [0.1, 0.15) is 46.1 Å². The lowest BCUT2D eigenvalue weighted by Crippen LogP contribution is -2.43. The smallest absolute Gasteiger partial charge is 0.417 e. The number of rotatable bonds is 7. The molecule has 0 spiro atoms. The van der Waals surface area contributed by atoms with Gasteiger partial charge < -0.3 is 4.74 Å². The van der Waals surface area contributed by atoms with Crippen molar-refractivity contribution in [2.75, 3.05) is 12.3 Å². The highest BCUT2D eigenvalue weighted by Crippen LogP contribution is 2.20. The molecule has 0 bridgehead atoms. The minimum Gasteiger partial charge on any atom is -0.443 e. The minimum absolute atomic E-state index is 0.200. The van der Waals surface area contributed by atoms with Crippen molar-refractivity contribution in [2.24, 2.45) is 0 Å². The molecule has 0 N–H and O–H groups in total. The summed E-state index contributed by atoms with van der Waals surface area (Å²) in [5, 5.41) is 0. The van der Waals surface area contributed by atoms with Crippen LogP contribution in [0.15, 0.2) is 29.2 Å². The van der Waals surface area contributed by atoms with Gasteiger partial charge in [0.1, 0.15) is 11.4 Å². The van der Waals surface area contributed by atoms with Gasteiger partial charge in [0.15, 0.2) is 0 Å². The van der Waals surface area contributed by atoms with Gasteiger partial charge >= 0.3 is 6.09 Å². The van der Waals surface area contributed by atoms with Crippen LogP contribution < -0.4 is 0 Å². The number of amides is 2. The fraction of sp³-hybridized carbons (Fsp3) is 0.526. The Hall–Kier alpha value is -1.82. The molecule has 6 heteroatoms. The Bertz CT molecular complexity index is 605. The number of imide groups is 1. The Morgan fingerprint density at radius 3 is 2.24 bits per heavy atom. The fourth-order valence-electron chi connectivity index (χ4n) is 1.98. The zero-order valence-corrected chi connectivity index (χ0v) is 16.4. The van der Waals surface area contributed by atoms with Crippen molar-refractivity contribution >= 4 is 29.5 Å². The van der Waals surface area contributed by atoms with E-state index in [-0.39, 0.29) is 24.7 Å². The Kier molecular flexibility index (Phi) is 8.16. The van der Waals surface area contributed by atoms with E-state index < -0.39 is 11.7 Å². The Balaban J connectivity index is 2.52. The van der Waals surface area contributed by atoms with Crippen molar-refractivity contribution in [3.8, 4) is 0 Å². The van der Waals surface area contributed by atoms with E-state index in [4.69, 9.17) is 4.74 Å². The van der Waals surface area contributed by atoms with Crippen molar-refractivity contribution in [3.05, 3.63) is 29.8 Å². The van der Waals surface area contributed by atoms with Crippen LogP contribution in [0.3, 0.4) is 0 Å². The third-order valence-corrected chi connectivity index (χ3v) is 4.22. The molecule has 0 aromatic heterocycles. The van der Waals surface area contributed by atoms with E-state index >= 15 is 0 Å². The highest BCUT2D eigenvalue weighted by Gasteiger charge is 2.27. The van der Waals surface area contributed by atoms with E-state index in [9.17, 15) is 14.4 Å². The lowest BCUT2D eigenvalue weighted by atomic mass is 10.2. The molecule has 0 radical (unpaired) electrons. The second-order valence-corrected chi connectivity index (χ2v) is 8.10. The molecule has 0 aliphatic heterocycles. The first-order chi connectivity index (χ1) is 11.6. The monoisotopic (exact) mass is 365 g/mol. The van der Waals surface area contributed by atoms with Gasteiger partial charge in [0.25, 0.3) is 0 Å². The molecule has 2 amide bonds. The van der Waals surface area contributed by atoms with Crippen LogP contribution >= 0.6 is 11.8 Å². The molecule has 1 rings (SSSR count). The second-order valence-electron chi connectivity index (χ2n) is 6.93. The molecule has 0 unspecified atom stereocenters. The van der Waals surface area contributed by atoms with Gasteiger partial charge in [-0.05, 0) is 58.9 Å². The molecule has 0 heterocycles. The summed E-state index contributed by atoms with van der Waals surface area (Å²) in [6.45, 7) is 8.29. The van der Waals surface area contributed by atoms with Crippen LogP contribution in [0.4, 0.5) is 4.79 Å². The van der Waals surface area contributed by atoms with Crippen molar-refractivity contribution in [1.82, 2.24) is 4.90 Å². The summed E-state index contributed by atoms with van der Waals surface area (Å²) in [6, 6.07) is 8.18. The number of aryl methyl sites for hydroxylation is 1. The number of ketones is 1. The van der Waals surface area contributed by atoms with Gasteiger partial charge in [0.2, 0.25) is 5.91 Å². The van der Waals surface area contributed by atoms with Crippen molar-refractivity contribution in [1.29, 1.82) is 0 Å². The summed E-state index contributed by atoms with van der Waals surface area (Å²) < 4.78 is 5.22. The molecule has 0 fully saturated rings. The standard InChI is InChI=1S/C19H27NO4S/c1-14-8-10-16(11-9-14)25-12-6-7-17(22)20(13-15(2)21)18(23)24-19(3,4)5/h8-11H,6-7,12-13H2,1-5H3. The maximum absolute atomic E-state index is 12.3. The summed E-state index contributed by atoms with van der Waals surface area (Å²) in [5.74, 6) is 0.124. The van der Waals surface area contributed by atoms with E-state index in [2.05, 4.69) is 0 Å². The number of hydrogen-bond donors (Lipinski definition) is 0. The topological polar surface area (TPSA) is 63.7 Å². The molecule has 0 saturated heterocycles. The van der Waals surface area contributed by atoms with Crippen LogP contribution in [0, 0.1) is 6.92 Å². The van der Waals surface area contributed by atoms with Crippen LogP contribution in [-0.4, -0.2) is 40.6 Å². The molecule has 5 nitrogen and oxygen atoms in total. The van der Waals surface area contributed by atoms with Crippen LogP contribution in [-0.2, 0) is 14.3 Å². The highest BCUT2D eigenvalue weighted by atomic mass is 32.2. The number of ether oxygens (including phenoxy) is 1. The number of nitrogens with zero attached hydrogens (tertiary/aromatic N) is 1. The molecular weight excluding hydrogens is 338 g/mol. The maximum Gasteiger partial charge on any atom is 0.417 e. The maximum atomic E-state index is 12.3. The summed E-state index contributed by atoms with van der Waals surface area (Å²) in [6.07, 6.45) is 0.0545. The van der Waals surface area contributed by atoms with Gasteiger partial charge in [0.05, 0.1) is 6.54 Å². The summed E-state index contributed by atoms with van der Waals surface area (Å²) in [7, 11) is 0. The van der Waals surface area contributed by atoms with Gasteiger partial charge in [-0.2, -0.15) is 0 Å². The van der Waals surface area contributed by atoms with E-state index in [0.29, 0.717) is 6.42 Å². The van der Waals surface area contributed by atoms with Gasteiger partial charge in [0, 0.05) is 11.3 Å². The molecular formula is C19H27NO4S. The Labute approximate surface area is 154 Å².